The molecule has 1 aromatic carbocycles. The van der Waals surface area contributed by atoms with Crippen LogP contribution in [0.15, 0.2) is 30.5 Å². The summed E-state index contributed by atoms with van der Waals surface area (Å²) in [5.74, 6) is -4.07. The first kappa shape index (κ1) is 27.6. The van der Waals surface area contributed by atoms with Gasteiger partial charge >= 0.3 is 6.09 Å². The van der Waals surface area contributed by atoms with Gasteiger partial charge in [-0.1, -0.05) is 12.1 Å². The molecule has 12 heteroatoms. The third kappa shape index (κ3) is 7.49. The fraction of sp³-hybridized carbons (Fsp3) is 0.480. The largest absolute Gasteiger partial charge is 0.491 e. The van der Waals surface area contributed by atoms with Crippen molar-refractivity contribution in [3.8, 4) is 11.8 Å². The van der Waals surface area contributed by atoms with Gasteiger partial charge in [0.1, 0.15) is 22.9 Å². The Morgan fingerprint density at radius 2 is 2.00 bits per heavy atom. The number of rotatable bonds is 8. The van der Waals surface area contributed by atoms with Crippen molar-refractivity contribution >= 4 is 28.8 Å². The SMILES string of the molecule is CC(C)(C)OC(=O)NCCCOc1cccc2c(C(=O)NCC(=O)N3CC(F)(F)C[C@H]3C#N)ccnc12. The highest BCUT2D eigenvalue weighted by atomic mass is 19.3. The van der Waals surface area contributed by atoms with Gasteiger partial charge in [-0.15, -0.1) is 0 Å². The predicted octanol–water partition coefficient (Wildman–Crippen LogP) is 3.02. The molecule has 2 N–H and O–H groups in total. The van der Waals surface area contributed by atoms with Crippen LogP contribution in [-0.4, -0.2) is 71.6 Å². The van der Waals surface area contributed by atoms with Crippen molar-refractivity contribution in [1.82, 2.24) is 20.5 Å². The number of carbonyl (C=O) groups excluding carboxylic acids is 3. The minimum Gasteiger partial charge on any atom is -0.491 e. The molecule has 1 aliphatic heterocycles. The number of fused-ring (bicyclic) bond motifs is 1. The molecule has 1 saturated heterocycles. The second kappa shape index (κ2) is 11.4. The summed E-state index contributed by atoms with van der Waals surface area (Å²) in [5.41, 5.74) is 0.0535. The van der Waals surface area contributed by atoms with E-state index in [1.165, 1.54) is 12.3 Å². The summed E-state index contributed by atoms with van der Waals surface area (Å²) in [6.45, 7) is 4.54. The lowest BCUT2D eigenvalue weighted by Gasteiger charge is -2.19. The molecule has 37 heavy (non-hydrogen) atoms. The number of benzene rings is 1. The Hall–Kier alpha value is -4.01. The van der Waals surface area contributed by atoms with E-state index in [4.69, 9.17) is 14.7 Å². The zero-order valence-electron chi connectivity index (χ0n) is 20.8. The first-order valence-electron chi connectivity index (χ1n) is 11.7. The van der Waals surface area contributed by atoms with E-state index >= 15 is 0 Å². The summed E-state index contributed by atoms with van der Waals surface area (Å²) in [7, 11) is 0. The van der Waals surface area contributed by atoms with Crippen molar-refractivity contribution in [1.29, 1.82) is 5.26 Å². The number of amides is 3. The maximum Gasteiger partial charge on any atom is 0.407 e. The lowest BCUT2D eigenvalue weighted by molar-refractivity contribution is -0.131. The van der Waals surface area contributed by atoms with Crippen LogP contribution in [0, 0.1) is 11.3 Å². The highest BCUT2D eigenvalue weighted by molar-refractivity contribution is 6.07. The monoisotopic (exact) mass is 517 g/mol. The third-order valence-electron chi connectivity index (χ3n) is 5.36. The Morgan fingerprint density at radius 1 is 1.24 bits per heavy atom. The molecule has 10 nitrogen and oxygen atoms in total. The Bertz CT molecular complexity index is 1210. The molecule has 2 heterocycles. The summed E-state index contributed by atoms with van der Waals surface area (Å²) < 4.78 is 38.2. The number of pyridine rings is 1. The highest BCUT2D eigenvalue weighted by Gasteiger charge is 2.47. The van der Waals surface area contributed by atoms with Crippen LogP contribution >= 0.6 is 0 Å². The summed E-state index contributed by atoms with van der Waals surface area (Å²) in [6, 6.07) is 6.98. The molecule has 1 fully saturated rings. The van der Waals surface area contributed by atoms with Gasteiger partial charge in [-0.05, 0) is 39.3 Å². The van der Waals surface area contributed by atoms with E-state index in [1.807, 2.05) is 0 Å². The minimum absolute atomic E-state index is 0.221. The first-order valence-corrected chi connectivity index (χ1v) is 11.7. The van der Waals surface area contributed by atoms with Crippen LogP contribution in [0.1, 0.15) is 44.0 Å². The quantitative estimate of drug-likeness (QED) is 0.514. The number of alkyl halides is 2. The van der Waals surface area contributed by atoms with Gasteiger partial charge in [0, 0.05) is 24.5 Å². The zero-order chi connectivity index (χ0) is 27.2. The topological polar surface area (TPSA) is 134 Å². The molecule has 3 rings (SSSR count). The van der Waals surface area contributed by atoms with Crippen molar-refractivity contribution in [2.45, 2.75) is 51.2 Å². The van der Waals surface area contributed by atoms with Crippen molar-refractivity contribution in [3.05, 3.63) is 36.0 Å². The summed E-state index contributed by atoms with van der Waals surface area (Å²) in [4.78, 5) is 42.0. The van der Waals surface area contributed by atoms with Gasteiger partial charge in [0.25, 0.3) is 11.8 Å². The molecule has 3 amide bonds. The zero-order valence-corrected chi connectivity index (χ0v) is 20.8. The van der Waals surface area contributed by atoms with Crippen LogP contribution in [0.2, 0.25) is 0 Å². The molecule has 0 aliphatic carbocycles. The number of likely N-dealkylation sites (tertiary alicyclic amines) is 1. The maximum atomic E-state index is 13.6. The van der Waals surface area contributed by atoms with Crippen LogP contribution in [0.4, 0.5) is 13.6 Å². The standard InChI is InChI=1S/C25H29F2N5O5/c1-24(2,3)37-23(35)30-9-5-11-36-19-7-4-6-17-18(8-10-29-21(17)19)22(34)31-14-20(33)32-15-25(26,27)12-16(32)13-28/h4,6-8,10,16H,5,9,11-12,14-15H2,1-3H3,(H,30,35)(H,31,34)/t16-/m0/s1. The van der Waals surface area contributed by atoms with Gasteiger partial charge in [-0.25, -0.2) is 13.6 Å². The van der Waals surface area contributed by atoms with Crippen molar-refractivity contribution in [2.24, 2.45) is 0 Å². The number of nitrogens with one attached hydrogen (secondary N) is 2. The predicted molar refractivity (Wildman–Crippen MR) is 129 cm³/mol. The lowest BCUT2D eigenvalue weighted by Crippen LogP contribution is -2.43. The third-order valence-corrected chi connectivity index (χ3v) is 5.36. The number of para-hydroxylation sites is 1. The molecule has 0 radical (unpaired) electrons. The normalized spacial score (nSPS) is 16.6. The van der Waals surface area contributed by atoms with Gasteiger partial charge in [-0.2, -0.15) is 5.26 Å². The summed E-state index contributed by atoms with van der Waals surface area (Å²) in [6.07, 6.45) is 0.674. The number of hydrogen-bond donors (Lipinski definition) is 2. The molecule has 1 aromatic heterocycles. The first-order chi connectivity index (χ1) is 17.4. The number of aromatic nitrogens is 1. The Morgan fingerprint density at radius 3 is 2.70 bits per heavy atom. The number of alkyl carbamates (subject to hydrolysis) is 1. The summed E-state index contributed by atoms with van der Waals surface area (Å²) >= 11 is 0. The highest BCUT2D eigenvalue weighted by Crippen LogP contribution is 2.31. The lowest BCUT2D eigenvalue weighted by atomic mass is 10.1. The van der Waals surface area contributed by atoms with Crippen molar-refractivity contribution in [2.75, 3.05) is 26.2 Å². The maximum absolute atomic E-state index is 13.6. The minimum atomic E-state index is -3.14. The van der Waals surface area contributed by atoms with Gasteiger partial charge in [-0.3, -0.25) is 14.6 Å². The van der Waals surface area contributed by atoms with Crippen LogP contribution in [0.5, 0.6) is 5.75 Å². The van der Waals surface area contributed by atoms with Crippen LogP contribution in [0.25, 0.3) is 10.9 Å². The molecule has 0 spiro atoms. The van der Waals surface area contributed by atoms with E-state index < -0.39 is 55.0 Å². The second-order valence-electron chi connectivity index (χ2n) is 9.55. The smallest absolute Gasteiger partial charge is 0.407 e. The molecule has 1 atom stereocenters. The molecule has 198 valence electrons. The van der Waals surface area contributed by atoms with Crippen molar-refractivity contribution < 1.29 is 32.6 Å². The fourth-order valence-corrected chi connectivity index (χ4v) is 3.77. The number of nitriles is 1. The number of nitrogens with zero attached hydrogens (tertiary/aromatic N) is 3. The van der Waals surface area contributed by atoms with Gasteiger partial charge in [0.05, 0.1) is 31.3 Å². The molecular formula is C25H29F2N5O5. The second-order valence-corrected chi connectivity index (χ2v) is 9.55. The van der Waals surface area contributed by atoms with Crippen molar-refractivity contribution in [3.63, 3.8) is 0 Å². The summed E-state index contributed by atoms with van der Waals surface area (Å²) in [5, 5.41) is 14.6. The number of hydrogen-bond acceptors (Lipinski definition) is 7. The van der Waals surface area contributed by atoms with Gasteiger partial charge < -0.3 is 25.0 Å². The molecule has 0 bridgehead atoms. The van der Waals surface area contributed by atoms with E-state index in [0.29, 0.717) is 29.6 Å². The molecular weight excluding hydrogens is 488 g/mol. The van der Waals surface area contributed by atoms with Crippen LogP contribution < -0.4 is 15.4 Å². The van der Waals surface area contributed by atoms with E-state index in [1.54, 1.807) is 45.0 Å². The van der Waals surface area contributed by atoms with Crippen LogP contribution in [0.3, 0.4) is 0 Å². The number of ether oxygens (including phenoxy) is 2. The Balaban J connectivity index is 1.58. The fourth-order valence-electron chi connectivity index (χ4n) is 3.77. The average molecular weight is 518 g/mol. The van der Waals surface area contributed by atoms with E-state index in [2.05, 4.69) is 15.6 Å². The van der Waals surface area contributed by atoms with Gasteiger partial charge in [0.15, 0.2) is 0 Å². The van der Waals surface area contributed by atoms with Gasteiger partial charge in [0.2, 0.25) is 5.91 Å². The number of halogens is 2. The average Bonchev–Trinajstić information content (AvgIpc) is 3.15. The Kier molecular flexibility index (Phi) is 8.47. The van der Waals surface area contributed by atoms with E-state index in [-0.39, 0.29) is 12.2 Å². The molecule has 1 aliphatic rings. The van der Waals surface area contributed by atoms with E-state index in [9.17, 15) is 23.2 Å². The Labute approximate surface area is 212 Å². The van der Waals surface area contributed by atoms with Crippen LogP contribution in [-0.2, 0) is 9.53 Å². The molecule has 0 saturated carbocycles. The number of carbonyl (C=O) groups is 3. The van der Waals surface area contributed by atoms with E-state index in [0.717, 1.165) is 4.90 Å². The molecule has 2 aromatic rings. The molecule has 0 unspecified atom stereocenters.